The Labute approximate surface area is 183 Å². The van der Waals surface area contributed by atoms with E-state index >= 15 is 0 Å². The molecule has 4 nitrogen and oxygen atoms in total. The Hall–Kier alpha value is -3.27. The minimum atomic E-state index is -0.425. The lowest BCUT2D eigenvalue weighted by Gasteiger charge is -2.44. The van der Waals surface area contributed by atoms with Crippen molar-refractivity contribution in [3.8, 4) is 0 Å². The van der Waals surface area contributed by atoms with Crippen LogP contribution < -0.4 is 10.2 Å². The third kappa shape index (κ3) is 3.46. The van der Waals surface area contributed by atoms with Crippen LogP contribution in [0.25, 0.3) is 0 Å². The molecule has 1 amide bonds. The van der Waals surface area contributed by atoms with Gasteiger partial charge >= 0.3 is 6.09 Å². The van der Waals surface area contributed by atoms with Crippen LogP contribution >= 0.6 is 0 Å². The largest absolute Gasteiger partial charge is 0.453 e. The molecule has 2 aliphatic heterocycles. The van der Waals surface area contributed by atoms with Gasteiger partial charge in [-0.2, -0.15) is 0 Å². The zero-order valence-corrected chi connectivity index (χ0v) is 18.1. The quantitative estimate of drug-likeness (QED) is 0.569. The first-order valence-corrected chi connectivity index (χ1v) is 11.0. The Balaban J connectivity index is 1.73. The molecule has 0 saturated heterocycles. The summed E-state index contributed by atoms with van der Waals surface area (Å²) in [6.07, 6.45) is 1.73. The summed E-state index contributed by atoms with van der Waals surface area (Å²) in [5.41, 5.74) is 8.69. The van der Waals surface area contributed by atoms with Gasteiger partial charge in [0.2, 0.25) is 0 Å². The molecular formula is C27H28N2O2. The zero-order chi connectivity index (χ0) is 21.4. The Kier molecular flexibility index (Phi) is 5.14. The molecule has 3 aromatic rings. The van der Waals surface area contributed by atoms with E-state index in [0.29, 0.717) is 11.8 Å². The number of rotatable bonds is 3. The van der Waals surface area contributed by atoms with Crippen LogP contribution in [0.5, 0.6) is 0 Å². The highest BCUT2D eigenvalue weighted by molar-refractivity contribution is 5.88. The number of benzene rings is 3. The van der Waals surface area contributed by atoms with Gasteiger partial charge in [-0.25, -0.2) is 4.79 Å². The number of anilines is 2. The number of hydrogen-bond acceptors (Lipinski definition) is 3. The first-order valence-electron chi connectivity index (χ1n) is 11.0. The second-order valence-electron chi connectivity index (χ2n) is 8.51. The van der Waals surface area contributed by atoms with Crippen molar-refractivity contribution in [2.75, 3.05) is 30.4 Å². The third-order valence-electron chi connectivity index (χ3n) is 6.88. The van der Waals surface area contributed by atoms with E-state index < -0.39 is 6.09 Å². The fourth-order valence-electron chi connectivity index (χ4n) is 5.40. The summed E-state index contributed by atoms with van der Waals surface area (Å²) >= 11 is 0. The minimum Gasteiger partial charge on any atom is -0.453 e. The predicted octanol–water partition coefficient (Wildman–Crippen LogP) is 6.05. The van der Waals surface area contributed by atoms with E-state index in [0.717, 1.165) is 37.2 Å². The smallest absolute Gasteiger partial charge is 0.411 e. The van der Waals surface area contributed by atoms with Gasteiger partial charge in [-0.3, -0.25) is 5.32 Å². The first-order chi connectivity index (χ1) is 15.2. The van der Waals surface area contributed by atoms with Crippen LogP contribution in [0.4, 0.5) is 16.2 Å². The topological polar surface area (TPSA) is 41.6 Å². The lowest BCUT2D eigenvalue weighted by molar-refractivity contribution is 0.187. The molecule has 2 heterocycles. The maximum atomic E-state index is 12.1. The van der Waals surface area contributed by atoms with Crippen molar-refractivity contribution in [2.24, 2.45) is 0 Å². The molecule has 5 rings (SSSR count). The minimum absolute atomic E-state index is 0.319. The Morgan fingerprint density at radius 2 is 1.52 bits per heavy atom. The van der Waals surface area contributed by atoms with Crippen molar-refractivity contribution in [3.05, 3.63) is 94.5 Å². The predicted molar refractivity (Wildman–Crippen MR) is 125 cm³/mol. The second kappa shape index (κ2) is 8.10. The first kappa shape index (κ1) is 19.7. The van der Waals surface area contributed by atoms with E-state index in [9.17, 15) is 4.79 Å². The van der Waals surface area contributed by atoms with Gasteiger partial charge in [-0.15, -0.1) is 0 Å². The Morgan fingerprint density at radius 1 is 0.935 bits per heavy atom. The van der Waals surface area contributed by atoms with Gasteiger partial charge in [-0.1, -0.05) is 60.7 Å². The molecule has 3 aromatic carbocycles. The number of nitrogens with zero attached hydrogens (tertiary/aromatic N) is 1. The van der Waals surface area contributed by atoms with E-state index in [-0.39, 0.29) is 0 Å². The Morgan fingerprint density at radius 3 is 2.13 bits per heavy atom. The number of amides is 1. The highest BCUT2D eigenvalue weighted by Crippen LogP contribution is 2.51. The van der Waals surface area contributed by atoms with Crippen molar-refractivity contribution in [1.29, 1.82) is 0 Å². The summed E-state index contributed by atoms with van der Waals surface area (Å²) in [5.74, 6) is 0.639. The average molecular weight is 413 g/mol. The molecule has 0 spiro atoms. The maximum absolute atomic E-state index is 12.1. The molecular weight excluding hydrogens is 384 g/mol. The van der Waals surface area contributed by atoms with Gasteiger partial charge in [0, 0.05) is 36.3 Å². The molecule has 0 aromatic heterocycles. The van der Waals surface area contributed by atoms with Crippen molar-refractivity contribution in [1.82, 2.24) is 0 Å². The molecule has 2 aliphatic rings. The lowest BCUT2D eigenvalue weighted by atomic mass is 9.74. The standard InChI is InChI=1S/C27H28N2O2/c1-18-24(28-27(30)31-2)17-23-21(19-9-5-3-6-10-19)13-15-29-16-14-22(25(18)26(23)29)20-11-7-4-8-12-20/h3-12,17,21-22H,13-16H2,1-2H3,(H,28,30)/t21-,22-/m0/s1. The van der Waals surface area contributed by atoms with Gasteiger partial charge < -0.3 is 9.64 Å². The molecule has 31 heavy (non-hydrogen) atoms. The van der Waals surface area contributed by atoms with Crippen molar-refractivity contribution in [2.45, 2.75) is 31.6 Å². The van der Waals surface area contributed by atoms with E-state index in [1.54, 1.807) is 0 Å². The van der Waals surface area contributed by atoms with Crippen molar-refractivity contribution >= 4 is 17.5 Å². The fraction of sp³-hybridized carbons (Fsp3) is 0.296. The van der Waals surface area contributed by atoms with Gasteiger partial charge in [0.25, 0.3) is 0 Å². The van der Waals surface area contributed by atoms with Gasteiger partial charge in [0.1, 0.15) is 0 Å². The molecule has 0 radical (unpaired) electrons. The molecule has 2 atom stereocenters. The normalized spacial score (nSPS) is 19.5. The molecule has 158 valence electrons. The van der Waals surface area contributed by atoms with Crippen LogP contribution in [0.3, 0.4) is 0 Å². The van der Waals surface area contributed by atoms with E-state index in [2.05, 4.69) is 83.9 Å². The number of methoxy groups -OCH3 is 1. The molecule has 0 saturated carbocycles. The Bertz CT molecular complexity index is 1090. The zero-order valence-electron chi connectivity index (χ0n) is 18.1. The summed E-state index contributed by atoms with van der Waals surface area (Å²) in [6.45, 7) is 4.25. The highest BCUT2D eigenvalue weighted by atomic mass is 16.5. The van der Waals surface area contributed by atoms with Crippen LogP contribution in [-0.2, 0) is 4.74 Å². The molecule has 4 heteroatoms. The summed E-state index contributed by atoms with van der Waals surface area (Å²) in [4.78, 5) is 14.7. The summed E-state index contributed by atoms with van der Waals surface area (Å²) in [5, 5.41) is 2.99. The molecule has 0 fully saturated rings. The van der Waals surface area contributed by atoms with E-state index in [4.69, 9.17) is 4.74 Å². The number of carbonyl (C=O) groups is 1. The average Bonchev–Trinajstić information content (AvgIpc) is 2.83. The maximum Gasteiger partial charge on any atom is 0.411 e. The number of carbonyl (C=O) groups excluding carboxylic acids is 1. The molecule has 0 unspecified atom stereocenters. The van der Waals surface area contributed by atoms with E-state index in [1.807, 2.05) is 0 Å². The van der Waals surface area contributed by atoms with Gasteiger partial charge in [-0.05, 0) is 53.6 Å². The SMILES string of the molecule is COC(=O)Nc1cc2c3c(c1C)[C@H](c1ccccc1)CCN3CC[C@H]2c1ccccc1. The number of ether oxygens (including phenoxy) is 1. The lowest BCUT2D eigenvalue weighted by Crippen LogP contribution is -2.38. The van der Waals surface area contributed by atoms with E-state index in [1.165, 1.54) is 35.1 Å². The molecule has 0 bridgehead atoms. The van der Waals surface area contributed by atoms with Crippen LogP contribution in [-0.4, -0.2) is 26.3 Å². The highest BCUT2D eigenvalue weighted by Gasteiger charge is 2.36. The van der Waals surface area contributed by atoms with Crippen LogP contribution in [0.15, 0.2) is 66.7 Å². The number of hydrogen-bond donors (Lipinski definition) is 1. The summed E-state index contributed by atoms with van der Waals surface area (Å²) in [6, 6.07) is 23.7. The monoisotopic (exact) mass is 412 g/mol. The summed E-state index contributed by atoms with van der Waals surface area (Å²) < 4.78 is 4.92. The van der Waals surface area contributed by atoms with Crippen LogP contribution in [0.1, 0.15) is 52.5 Å². The van der Waals surface area contributed by atoms with Crippen LogP contribution in [0.2, 0.25) is 0 Å². The number of nitrogens with one attached hydrogen (secondary N) is 1. The van der Waals surface area contributed by atoms with Crippen molar-refractivity contribution in [3.63, 3.8) is 0 Å². The van der Waals surface area contributed by atoms with Crippen LogP contribution in [0, 0.1) is 6.92 Å². The second-order valence-corrected chi connectivity index (χ2v) is 8.51. The van der Waals surface area contributed by atoms with Crippen molar-refractivity contribution < 1.29 is 9.53 Å². The summed E-state index contributed by atoms with van der Waals surface area (Å²) in [7, 11) is 1.41. The molecule has 0 aliphatic carbocycles. The third-order valence-corrected chi connectivity index (χ3v) is 6.88. The fourth-order valence-corrected chi connectivity index (χ4v) is 5.40. The van der Waals surface area contributed by atoms with Gasteiger partial charge in [0.05, 0.1) is 7.11 Å². The molecule has 1 N–H and O–H groups in total. The van der Waals surface area contributed by atoms with Gasteiger partial charge in [0.15, 0.2) is 0 Å².